The zero-order chi connectivity index (χ0) is 14.4. The van der Waals surface area contributed by atoms with Gasteiger partial charge in [0.25, 0.3) is 5.91 Å². The maximum absolute atomic E-state index is 11.7. The van der Waals surface area contributed by atoms with Crippen molar-refractivity contribution in [2.45, 2.75) is 13.5 Å². The van der Waals surface area contributed by atoms with E-state index < -0.39 is 0 Å². The number of carbonyl (C=O) groups is 1. The topological polar surface area (TPSA) is 71.5 Å². The number of hydrogen-bond donors (Lipinski definition) is 2. The van der Waals surface area contributed by atoms with Crippen LogP contribution in [0.4, 0.5) is 0 Å². The number of hydrogen-bond acceptors (Lipinski definition) is 5. The van der Waals surface area contributed by atoms with E-state index in [4.69, 9.17) is 9.84 Å². The molecule has 2 aromatic rings. The van der Waals surface area contributed by atoms with Crippen molar-refractivity contribution in [3.05, 3.63) is 45.9 Å². The maximum atomic E-state index is 11.7. The number of carbonyl (C=O) groups excluding carboxylic acids is 1. The molecule has 106 valence electrons. The fourth-order valence-electron chi connectivity index (χ4n) is 1.63. The van der Waals surface area contributed by atoms with Crippen LogP contribution >= 0.6 is 11.3 Å². The average Bonchev–Trinajstić information content (AvgIpc) is 2.88. The van der Waals surface area contributed by atoms with Crippen LogP contribution < -0.4 is 10.1 Å². The number of rotatable bonds is 6. The molecule has 1 aromatic heterocycles. The molecule has 0 aliphatic rings. The van der Waals surface area contributed by atoms with Crippen LogP contribution in [0.15, 0.2) is 29.6 Å². The van der Waals surface area contributed by atoms with Gasteiger partial charge >= 0.3 is 0 Å². The van der Waals surface area contributed by atoms with E-state index in [1.807, 2.05) is 12.3 Å². The largest absolute Gasteiger partial charge is 0.487 e. The molecule has 0 aliphatic carbocycles. The van der Waals surface area contributed by atoms with Crippen LogP contribution in [-0.2, 0) is 6.61 Å². The van der Waals surface area contributed by atoms with Crippen LogP contribution in [0.3, 0.4) is 0 Å². The molecular weight excluding hydrogens is 276 g/mol. The summed E-state index contributed by atoms with van der Waals surface area (Å²) in [6.07, 6.45) is 0. The van der Waals surface area contributed by atoms with Crippen LogP contribution in [0.1, 0.15) is 21.1 Å². The minimum Gasteiger partial charge on any atom is -0.487 e. The predicted molar refractivity (Wildman–Crippen MR) is 77.0 cm³/mol. The van der Waals surface area contributed by atoms with Gasteiger partial charge in [-0.05, 0) is 25.1 Å². The Balaban J connectivity index is 1.97. The third-order valence-electron chi connectivity index (χ3n) is 2.55. The lowest BCUT2D eigenvalue weighted by Crippen LogP contribution is -2.26. The first-order chi connectivity index (χ1) is 9.69. The second kappa shape index (κ2) is 7.02. The Bertz CT molecular complexity index is 583. The second-order valence-electron chi connectivity index (χ2n) is 4.15. The Morgan fingerprint density at radius 1 is 1.50 bits per heavy atom. The van der Waals surface area contributed by atoms with Crippen molar-refractivity contribution in [2.75, 3.05) is 13.2 Å². The Morgan fingerprint density at radius 3 is 3.05 bits per heavy atom. The van der Waals surface area contributed by atoms with E-state index in [1.165, 1.54) is 0 Å². The Kier molecular flexibility index (Phi) is 5.09. The van der Waals surface area contributed by atoms with Gasteiger partial charge in [-0.3, -0.25) is 4.79 Å². The number of aryl methyl sites for hydroxylation is 1. The summed E-state index contributed by atoms with van der Waals surface area (Å²) in [5.74, 6) is 0.390. The highest BCUT2D eigenvalue weighted by Gasteiger charge is 2.06. The number of nitrogens with one attached hydrogen (secondary N) is 1. The Hall–Kier alpha value is -1.92. The fraction of sp³-hybridized carbons (Fsp3) is 0.286. The van der Waals surface area contributed by atoms with E-state index in [0.29, 0.717) is 17.9 Å². The second-order valence-corrected chi connectivity index (χ2v) is 5.22. The zero-order valence-electron chi connectivity index (χ0n) is 11.1. The van der Waals surface area contributed by atoms with Gasteiger partial charge in [0, 0.05) is 17.5 Å². The van der Waals surface area contributed by atoms with Crippen LogP contribution in [-0.4, -0.2) is 29.1 Å². The van der Waals surface area contributed by atoms with E-state index in [2.05, 4.69) is 10.3 Å². The normalized spacial score (nSPS) is 10.3. The summed E-state index contributed by atoms with van der Waals surface area (Å²) in [6.45, 7) is 2.49. The molecule has 1 heterocycles. The smallest absolute Gasteiger partial charge is 0.251 e. The molecular formula is C14H16N2O3S. The van der Waals surface area contributed by atoms with E-state index in [1.54, 1.807) is 35.6 Å². The van der Waals surface area contributed by atoms with Crippen molar-refractivity contribution in [1.29, 1.82) is 0 Å². The predicted octanol–water partition coefficient (Wildman–Crippen LogP) is 1.75. The van der Waals surface area contributed by atoms with E-state index in [0.717, 1.165) is 10.7 Å². The van der Waals surface area contributed by atoms with Gasteiger partial charge in [0.2, 0.25) is 0 Å². The Labute approximate surface area is 121 Å². The van der Waals surface area contributed by atoms with Crippen LogP contribution in [0.5, 0.6) is 5.75 Å². The van der Waals surface area contributed by atoms with Crippen molar-refractivity contribution >= 4 is 17.2 Å². The summed E-state index contributed by atoms with van der Waals surface area (Å²) < 4.78 is 5.62. The molecule has 0 fully saturated rings. The van der Waals surface area contributed by atoms with Crippen molar-refractivity contribution < 1.29 is 14.6 Å². The monoisotopic (exact) mass is 292 g/mol. The molecule has 1 aromatic carbocycles. The molecule has 2 N–H and O–H groups in total. The highest BCUT2D eigenvalue weighted by molar-refractivity contribution is 7.09. The lowest BCUT2D eigenvalue weighted by Gasteiger charge is -2.07. The SMILES string of the molecule is Cc1nc(COc2cccc(C(=O)NCCO)c2)cs1. The number of amides is 1. The van der Waals surface area contributed by atoms with Gasteiger partial charge in [0.1, 0.15) is 12.4 Å². The third kappa shape index (κ3) is 4.04. The van der Waals surface area contributed by atoms with Crippen molar-refractivity contribution in [3.63, 3.8) is 0 Å². The summed E-state index contributed by atoms with van der Waals surface area (Å²) >= 11 is 1.58. The maximum Gasteiger partial charge on any atom is 0.251 e. The standard InChI is InChI=1S/C14H16N2O3S/c1-10-16-12(9-20-10)8-19-13-4-2-3-11(7-13)14(18)15-5-6-17/h2-4,7,9,17H,5-6,8H2,1H3,(H,15,18). The first kappa shape index (κ1) is 14.5. The summed E-state index contributed by atoms with van der Waals surface area (Å²) in [7, 11) is 0. The number of ether oxygens (including phenoxy) is 1. The van der Waals surface area contributed by atoms with Crippen molar-refractivity contribution in [2.24, 2.45) is 0 Å². The quantitative estimate of drug-likeness (QED) is 0.851. The van der Waals surface area contributed by atoms with Crippen LogP contribution in [0.2, 0.25) is 0 Å². The Morgan fingerprint density at radius 2 is 2.35 bits per heavy atom. The van der Waals surface area contributed by atoms with Gasteiger partial charge in [0.15, 0.2) is 0 Å². The highest BCUT2D eigenvalue weighted by atomic mass is 32.1. The van der Waals surface area contributed by atoms with Crippen LogP contribution in [0, 0.1) is 6.92 Å². The molecule has 0 aliphatic heterocycles. The van der Waals surface area contributed by atoms with Gasteiger partial charge in [-0.15, -0.1) is 11.3 Å². The molecule has 0 unspecified atom stereocenters. The molecule has 20 heavy (non-hydrogen) atoms. The summed E-state index contributed by atoms with van der Waals surface area (Å²) in [4.78, 5) is 16.1. The van der Waals surface area contributed by atoms with Gasteiger partial charge in [-0.1, -0.05) is 6.07 Å². The molecule has 5 nitrogen and oxygen atoms in total. The molecule has 0 atom stereocenters. The van der Waals surface area contributed by atoms with Gasteiger partial charge < -0.3 is 15.2 Å². The third-order valence-corrected chi connectivity index (χ3v) is 3.37. The minimum absolute atomic E-state index is 0.0783. The zero-order valence-corrected chi connectivity index (χ0v) is 11.9. The lowest BCUT2D eigenvalue weighted by atomic mass is 10.2. The average molecular weight is 292 g/mol. The number of thiazole rings is 1. The van der Waals surface area contributed by atoms with Crippen molar-refractivity contribution in [1.82, 2.24) is 10.3 Å². The number of benzene rings is 1. The summed E-state index contributed by atoms with van der Waals surface area (Å²) in [6, 6.07) is 6.93. The van der Waals surface area contributed by atoms with Gasteiger partial charge in [-0.25, -0.2) is 4.98 Å². The molecule has 0 spiro atoms. The lowest BCUT2D eigenvalue weighted by molar-refractivity contribution is 0.0944. The van der Waals surface area contributed by atoms with Crippen molar-refractivity contribution in [3.8, 4) is 5.75 Å². The molecule has 0 saturated heterocycles. The first-order valence-electron chi connectivity index (χ1n) is 6.22. The summed E-state index contributed by atoms with van der Waals surface area (Å²) in [5, 5.41) is 14.2. The molecule has 1 amide bonds. The molecule has 0 bridgehead atoms. The first-order valence-corrected chi connectivity index (χ1v) is 7.10. The number of aromatic nitrogens is 1. The van der Waals surface area contributed by atoms with E-state index in [-0.39, 0.29) is 19.1 Å². The fourth-order valence-corrected chi connectivity index (χ4v) is 2.23. The van der Waals surface area contributed by atoms with E-state index >= 15 is 0 Å². The molecule has 2 rings (SSSR count). The molecule has 6 heteroatoms. The van der Waals surface area contributed by atoms with Gasteiger partial charge in [0.05, 0.1) is 17.3 Å². The molecule has 0 saturated carbocycles. The molecule has 0 radical (unpaired) electrons. The van der Waals surface area contributed by atoms with E-state index in [9.17, 15) is 4.79 Å². The number of nitrogens with zero attached hydrogens (tertiary/aromatic N) is 1. The number of aliphatic hydroxyl groups excluding tert-OH is 1. The van der Waals surface area contributed by atoms with Gasteiger partial charge in [-0.2, -0.15) is 0 Å². The highest BCUT2D eigenvalue weighted by Crippen LogP contribution is 2.16. The summed E-state index contributed by atoms with van der Waals surface area (Å²) in [5.41, 5.74) is 1.38. The number of aliphatic hydroxyl groups is 1. The van der Waals surface area contributed by atoms with Crippen LogP contribution in [0.25, 0.3) is 0 Å². The minimum atomic E-state index is -0.228.